The summed E-state index contributed by atoms with van der Waals surface area (Å²) in [6.45, 7) is 0.643. The summed E-state index contributed by atoms with van der Waals surface area (Å²) in [5.74, 6) is 0. The second-order valence-corrected chi connectivity index (χ2v) is 5.47. The Balaban J connectivity index is 0.00000156. The van der Waals surface area contributed by atoms with E-state index in [2.05, 4.69) is 58.5 Å². The first-order valence-electron chi connectivity index (χ1n) is 7.51. The molecule has 0 radical (unpaired) electrons. The molecular weight excluding hydrogens is 306 g/mol. The van der Waals surface area contributed by atoms with E-state index in [1.807, 2.05) is 12.3 Å². The molecule has 0 aliphatic rings. The van der Waals surface area contributed by atoms with Gasteiger partial charge in [0.15, 0.2) is 0 Å². The molecule has 0 saturated carbocycles. The molecule has 4 heteroatoms. The average molecular weight is 324 g/mol. The molecule has 3 N–H and O–H groups in total. The summed E-state index contributed by atoms with van der Waals surface area (Å²) in [6.07, 6.45) is 2.69. The smallest absolute Gasteiger partial charge is 0.0702 e. The van der Waals surface area contributed by atoms with Gasteiger partial charge in [-0.05, 0) is 48.4 Å². The molecule has 116 valence electrons. The molecule has 4 rings (SSSR count). The predicted molar refractivity (Wildman–Crippen MR) is 99.0 cm³/mol. The van der Waals surface area contributed by atoms with Crippen molar-refractivity contribution < 1.29 is 0 Å². The van der Waals surface area contributed by atoms with E-state index in [9.17, 15) is 0 Å². The van der Waals surface area contributed by atoms with Crippen molar-refractivity contribution in [2.75, 3.05) is 6.54 Å². The second kappa shape index (κ2) is 6.41. The van der Waals surface area contributed by atoms with Gasteiger partial charge in [-0.25, -0.2) is 0 Å². The molecule has 23 heavy (non-hydrogen) atoms. The number of fused-ring (bicyclic) bond motifs is 2. The minimum Gasteiger partial charge on any atom is -0.354 e. The van der Waals surface area contributed by atoms with Crippen molar-refractivity contribution in [2.45, 2.75) is 6.42 Å². The molecule has 2 heterocycles. The number of aromatic amines is 1. The summed E-state index contributed by atoms with van der Waals surface area (Å²) >= 11 is 0. The van der Waals surface area contributed by atoms with Gasteiger partial charge in [-0.15, -0.1) is 12.4 Å². The third kappa shape index (κ3) is 2.69. The number of pyridine rings is 1. The maximum Gasteiger partial charge on any atom is 0.0702 e. The number of nitrogens with one attached hydrogen (secondary N) is 1. The van der Waals surface area contributed by atoms with Crippen LogP contribution in [0.25, 0.3) is 33.1 Å². The van der Waals surface area contributed by atoms with Crippen molar-refractivity contribution in [2.24, 2.45) is 5.73 Å². The average Bonchev–Trinajstić information content (AvgIpc) is 2.94. The van der Waals surface area contributed by atoms with Crippen LogP contribution in [0.1, 0.15) is 5.56 Å². The summed E-state index contributed by atoms with van der Waals surface area (Å²) < 4.78 is 0. The molecule has 0 amide bonds. The fourth-order valence-corrected chi connectivity index (χ4v) is 3.08. The molecule has 2 aromatic heterocycles. The van der Waals surface area contributed by atoms with Gasteiger partial charge >= 0.3 is 0 Å². The number of nitrogens with two attached hydrogens (primary N) is 1. The van der Waals surface area contributed by atoms with Crippen LogP contribution in [-0.2, 0) is 6.42 Å². The summed E-state index contributed by atoms with van der Waals surface area (Å²) in [5.41, 5.74) is 11.6. The zero-order chi connectivity index (χ0) is 14.9. The van der Waals surface area contributed by atoms with Crippen LogP contribution < -0.4 is 5.73 Å². The van der Waals surface area contributed by atoms with Gasteiger partial charge < -0.3 is 10.7 Å². The SMILES string of the molecule is Cl.NCCc1c(-c2ccc3ncccc3c2)[nH]c2ccccc12. The number of rotatable bonds is 3. The summed E-state index contributed by atoms with van der Waals surface area (Å²) in [6, 6.07) is 18.8. The van der Waals surface area contributed by atoms with Gasteiger partial charge in [-0.2, -0.15) is 0 Å². The van der Waals surface area contributed by atoms with E-state index in [0.29, 0.717) is 6.54 Å². The lowest BCUT2D eigenvalue weighted by atomic mass is 10.0. The summed E-state index contributed by atoms with van der Waals surface area (Å²) in [5, 5.41) is 2.41. The molecule has 0 unspecified atom stereocenters. The Hall–Kier alpha value is -2.36. The fourth-order valence-electron chi connectivity index (χ4n) is 3.08. The molecule has 2 aromatic carbocycles. The van der Waals surface area contributed by atoms with Crippen LogP contribution in [0.3, 0.4) is 0 Å². The highest BCUT2D eigenvalue weighted by molar-refractivity contribution is 5.93. The highest BCUT2D eigenvalue weighted by atomic mass is 35.5. The number of aromatic nitrogens is 2. The lowest BCUT2D eigenvalue weighted by Crippen LogP contribution is -2.03. The van der Waals surface area contributed by atoms with Crippen molar-refractivity contribution in [1.29, 1.82) is 0 Å². The largest absolute Gasteiger partial charge is 0.354 e. The molecule has 0 spiro atoms. The molecular formula is C19H18ClN3. The minimum absolute atomic E-state index is 0. The third-order valence-corrected chi connectivity index (χ3v) is 4.10. The number of hydrogen-bond acceptors (Lipinski definition) is 2. The standard InChI is InChI=1S/C19H17N3.ClH/c20-10-9-16-15-5-1-2-6-18(15)22-19(16)14-7-8-17-13(12-14)4-3-11-21-17;/h1-8,11-12,22H,9-10,20H2;1H. The molecule has 4 aromatic rings. The number of benzene rings is 2. The van der Waals surface area contributed by atoms with Crippen LogP contribution in [0.15, 0.2) is 60.8 Å². The van der Waals surface area contributed by atoms with Crippen LogP contribution in [0.2, 0.25) is 0 Å². The Morgan fingerprint density at radius 1 is 1.00 bits per heavy atom. The first-order chi connectivity index (χ1) is 10.9. The first kappa shape index (κ1) is 15.5. The first-order valence-corrected chi connectivity index (χ1v) is 7.51. The number of hydrogen-bond donors (Lipinski definition) is 2. The van der Waals surface area contributed by atoms with E-state index in [-0.39, 0.29) is 12.4 Å². The van der Waals surface area contributed by atoms with Gasteiger partial charge in [0.25, 0.3) is 0 Å². The predicted octanol–water partition coefficient (Wildman–Crippen LogP) is 4.31. The lowest BCUT2D eigenvalue weighted by molar-refractivity contribution is 0.978. The normalized spacial score (nSPS) is 10.8. The number of para-hydroxylation sites is 1. The third-order valence-electron chi connectivity index (χ3n) is 4.10. The van der Waals surface area contributed by atoms with Gasteiger partial charge in [0.05, 0.1) is 5.52 Å². The summed E-state index contributed by atoms with van der Waals surface area (Å²) in [7, 11) is 0. The number of halogens is 1. The Kier molecular flexibility index (Phi) is 4.33. The van der Waals surface area contributed by atoms with Crippen molar-refractivity contribution in [3.8, 4) is 11.3 Å². The van der Waals surface area contributed by atoms with Crippen molar-refractivity contribution in [3.05, 3.63) is 66.4 Å². The molecule has 0 bridgehead atoms. The number of H-pyrrole nitrogens is 1. The summed E-state index contributed by atoms with van der Waals surface area (Å²) in [4.78, 5) is 7.94. The van der Waals surface area contributed by atoms with Crippen LogP contribution in [0, 0.1) is 0 Å². The highest BCUT2D eigenvalue weighted by Gasteiger charge is 2.12. The highest BCUT2D eigenvalue weighted by Crippen LogP contribution is 2.31. The van der Waals surface area contributed by atoms with E-state index in [1.54, 1.807) is 0 Å². The Bertz CT molecular complexity index is 959. The second-order valence-electron chi connectivity index (χ2n) is 5.47. The zero-order valence-corrected chi connectivity index (χ0v) is 13.4. The van der Waals surface area contributed by atoms with Crippen LogP contribution in [-0.4, -0.2) is 16.5 Å². The minimum atomic E-state index is 0. The topological polar surface area (TPSA) is 54.7 Å². The Labute approximate surface area is 141 Å². The Morgan fingerprint density at radius 2 is 1.87 bits per heavy atom. The van der Waals surface area contributed by atoms with E-state index in [0.717, 1.165) is 28.5 Å². The molecule has 0 aliphatic carbocycles. The maximum absolute atomic E-state index is 5.82. The van der Waals surface area contributed by atoms with E-state index >= 15 is 0 Å². The van der Waals surface area contributed by atoms with E-state index in [1.165, 1.54) is 16.5 Å². The van der Waals surface area contributed by atoms with Crippen LogP contribution in [0.4, 0.5) is 0 Å². The van der Waals surface area contributed by atoms with Gasteiger partial charge in [0.2, 0.25) is 0 Å². The molecule has 0 aliphatic heterocycles. The lowest BCUT2D eigenvalue weighted by Gasteiger charge is -2.05. The van der Waals surface area contributed by atoms with Gasteiger partial charge in [-0.1, -0.05) is 30.3 Å². The van der Waals surface area contributed by atoms with Gasteiger partial charge in [0, 0.05) is 28.2 Å². The monoisotopic (exact) mass is 323 g/mol. The molecule has 0 atom stereocenters. The van der Waals surface area contributed by atoms with Crippen LogP contribution in [0.5, 0.6) is 0 Å². The quantitative estimate of drug-likeness (QED) is 0.590. The van der Waals surface area contributed by atoms with E-state index < -0.39 is 0 Å². The van der Waals surface area contributed by atoms with Gasteiger partial charge in [-0.3, -0.25) is 4.98 Å². The van der Waals surface area contributed by atoms with Crippen LogP contribution >= 0.6 is 12.4 Å². The molecule has 0 fully saturated rings. The van der Waals surface area contributed by atoms with Gasteiger partial charge in [0.1, 0.15) is 0 Å². The van der Waals surface area contributed by atoms with E-state index in [4.69, 9.17) is 5.73 Å². The van der Waals surface area contributed by atoms with Crippen molar-refractivity contribution >= 4 is 34.2 Å². The molecule has 3 nitrogen and oxygen atoms in total. The fraction of sp³-hybridized carbons (Fsp3) is 0.105. The van der Waals surface area contributed by atoms with Crippen molar-refractivity contribution in [3.63, 3.8) is 0 Å². The maximum atomic E-state index is 5.82. The Morgan fingerprint density at radius 3 is 2.74 bits per heavy atom. The van der Waals surface area contributed by atoms with Crippen molar-refractivity contribution in [1.82, 2.24) is 9.97 Å². The number of nitrogens with zero attached hydrogens (tertiary/aromatic N) is 1. The molecule has 0 saturated heterocycles. The zero-order valence-electron chi connectivity index (χ0n) is 12.6.